The molecule has 11 nitrogen and oxygen atoms in total. The molecule has 0 radical (unpaired) electrons. The average Bonchev–Trinajstić information content (AvgIpc) is 3.41. The van der Waals surface area contributed by atoms with Gasteiger partial charge in [0.15, 0.2) is 6.10 Å². The summed E-state index contributed by atoms with van der Waals surface area (Å²) in [4.78, 5) is 37.6. The Morgan fingerprint density at radius 3 is 2.09 bits per heavy atom. The molecule has 0 bridgehead atoms. The van der Waals surface area contributed by atoms with Crippen LogP contribution in [0.1, 0.15) is 168 Å². The van der Waals surface area contributed by atoms with Gasteiger partial charge in [-0.1, -0.05) is 135 Å². The van der Waals surface area contributed by atoms with E-state index in [-0.39, 0.29) is 50.3 Å². The third-order valence-electron chi connectivity index (χ3n) is 10.5. The van der Waals surface area contributed by atoms with E-state index in [4.69, 9.17) is 18.5 Å². The molecule has 1 aliphatic carbocycles. The second-order valence-electron chi connectivity index (χ2n) is 16.9. The summed E-state index contributed by atoms with van der Waals surface area (Å²) in [7, 11) is 1.23. The van der Waals surface area contributed by atoms with Crippen molar-refractivity contribution in [3.8, 4) is 0 Å². The minimum absolute atomic E-state index is 0.0103. The van der Waals surface area contributed by atoms with Gasteiger partial charge in [-0.3, -0.25) is 14.2 Å². The van der Waals surface area contributed by atoms with E-state index in [0.717, 1.165) is 57.8 Å². The van der Waals surface area contributed by atoms with Gasteiger partial charge in [0, 0.05) is 24.7 Å². The number of aliphatic hydroxyl groups excluding tert-OH is 2. The Kier molecular flexibility index (Phi) is 30.2. The molecular weight excluding hydrogens is 733 g/mol. The lowest BCUT2D eigenvalue weighted by molar-refractivity contribution is -0.870. The van der Waals surface area contributed by atoms with Gasteiger partial charge in [0.05, 0.1) is 46.2 Å². The predicted octanol–water partition coefficient (Wildman–Crippen LogP) is 9.13. The van der Waals surface area contributed by atoms with Crippen LogP contribution >= 0.6 is 7.82 Å². The van der Waals surface area contributed by atoms with Crippen LogP contribution < -0.4 is 4.89 Å². The lowest BCUT2D eigenvalue weighted by Gasteiger charge is -2.28. The van der Waals surface area contributed by atoms with Crippen molar-refractivity contribution in [2.24, 2.45) is 11.8 Å². The topological polar surface area (TPSA) is 152 Å². The molecule has 1 unspecified atom stereocenters. The number of carbonyl (C=O) groups excluding carboxylic acids is 2. The molecule has 0 spiro atoms. The molecule has 1 saturated carbocycles. The summed E-state index contributed by atoms with van der Waals surface area (Å²) in [5.41, 5.74) is 0. The molecule has 0 saturated heterocycles. The van der Waals surface area contributed by atoms with Crippen molar-refractivity contribution in [1.29, 1.82) is 0 Å². The number of allylic oxidation sites excluding steroid dienone is 1. The smallest absolute Gasteiger partial charge is 0.305 e. The number of likely N-dealkylation sites (N-methyl/N-ethyl adjacent to an activating group) is 1. The van der Waals surface area contributed by atoms with Crippen molar-refractivity contribution < 1.29 is 52.3 Å². The first-order valence-corrected chi connectivity index (χ1v) is 23.7. The lowest BCUT2D eigenvalue weighted by Crippen LogP contribution is -2.37. The molecule has 1 aliphatic rings. The van der Waals surface area contributed by atoms with Crippen molar-refractivity contribution >= 4 is 19.6 Å². The highest BCUT2D eigenvalue weighted by Crippen LogP contribution is 2.38. The number of hydrogen-bond donors (Lipinski definition) is 2. The van der Waals surface area contributed by atoms with Gasteiger partial charge < -0.3 is 38.1 Å². The zero-order valence-corrected chi connectivity index (χ0v) is 36.9. The summed E-state index contributed by atoms with van der Waals surface area (Å²) in [6.07, 6.45) is 29.0. The first-order chi connectivity index (χ1) is 26.8. The highest BCUT2D eigenvalue weighted by Gasteiger charge is 2.39. The lowest BCUT2D eigenvalue weighted by atomic mass is 9.88. The van der Waals surface area contributed by atoms with Crippen molar-refractivity contribution in [3.63, 3.8) is 0 Å². The van der Waals surface area contributed by atoms with Gasteiger partial charge in [-0.2, -0.15) is 0 Å². The summed E-state index contributed by atoms with van der Waals surface area (Å²) in [6.45, 7) is 4.34. The Morgan fingerprint density at radius 2 is 1.45 bits per heavy atom. The van der Waals surface area contributed by atoms with Gasteiger partial charge in [0.2, 0.25) is 0 Å². The van der Waals surface area contributed by atoms with Gasteiger partial charge in [-0.05, 0) is 38.2 Å². The summed E-state index contributed by atoms with van der Waals surface area (Å²) in [5, 5.41) is 20.7. The largest absolute Gasteiger partial charge is 0.756 e. The van der Waals surface area contributed by atoms with E-state index in [1.165, 1.54) is 70.5 Å². The number of rotatable bonds is 37. The molecule has 328 valence electrons. The van der Waals surface area contributed by atoms with E-state index in [1.54, 1.807) is 6.08 Å². The van der Waals surface area contributed by atoms with Crippen molar-refractivity contribution in [1.82, 2.24) is 0 Å². The van der Waals surface area contributed by atoms with Gasteiger partial charge in [-0.15, -0.1) is 0 Å². The van der Waals surface area contributed by atoms with Crippen LogP contribution in [-0.4, -0.2) is 92.3 Å². The maximum Gasteiger partial charge on any atom is 0.305 e. The van der Waals surface area contributed by atoms with E-state index >= 15 is 0 Å². The number of ether oxygens (including phenoxy) is 2. The number of Topliss-reactive ketones (excluding diaryl/α,β-unsaturated/α-hetero) is 1. The van der Waals surface area contributed by atoms with Gasteiger partial charge >= 0.3 is 5.97 Å². The van der Waals surface area contributed by atoms with E-state index < -0.39 is 32.1 Å². The number of carbonyl (C=O) groups is 2. The molecule has 0 amide bonds. The molecule has 0 aromatic rings. The molecular formula is C44H82NO10P. The van der Waals surface area contributed by atoms with E-state index in [1.807, 2.05) is 33.3 Å². The van der Waals surface area contributed by atoms with Crippen LogP contribution in [0.4, 0.5) is 0 Å². The fourth-order valence-electron chi connectivity index (χ4n) is 6.90. The molecule has 12 heteroatoms. The SMILES string of the molecule is CCCCCCCCCCCCCC/C=C/O[C@H](COC(=O)CCCCCC[C@H]1C(=O)C[C@@H](O)[C@@H]1/C=C/[C@@H](O)CCCCC)COP(=O)([O-])OCC[N+](C)(C)C. The number of esters is 1. The molecule has 2 N–H and O–H groups in total. The molecule has 1 fully saturated rings. The Bertz CT molecular complexity index is 1110. The van der Waals surface area contributed by atoms with Crippen LogP contribution in [0.3, 0.4) is 0 Å². The number of unbranched alkanes of at least 4 members (excludes halogenated alkanes) is 17. The van der Waals surface area contributed by atoms with E-state index in [0.29, 0.717) is 30.3 Å². The number of nitrogens with zero attached hydrogens (tertiary/aromatic N) is 1. The maximum atomic E-state index is 12.6. The maximum absolute atomic E-state index is 12.6. The number of aliphatic hydroxyl groups is 2. The minimum Gasteiger partial charge on any atom is -0.756 e. The second kappa shape index (κ2) is 32.3. The molecule has 1 rings (SSSR count). The summed E-state index contributed by atoms with van der Waals surface area (Å²) in [6, 6.07) is 0. The summed E-state index contributed by atoms with van der Waals surface area (Å²) < 4.78 is 34.3. The third kappa shape index (κ3) is 28.8. The van der Waals surface area contributed by atoms with Gasteiger partial charge in [-0.25, -0.2) is 0 Å². The zero-order valence-electron chi connectivity index (χ0n) is 36.0. The summed E-state index contributed by atoms with van der Waals surface area (Å²) >= 11 is 0. The number of hydrogen-bond acceptors (Lipinski definition) is 10. The Hall–Kier alpha value is -1.59. The quantitative estimate of drug-likeness (QED) is 0.0155. The van der Waals surface area contributed by atoms with Crippen LogP contribution in [0.5, 0.6) is 0 Å². The van der Waals surface area contributed by atoms with Crippen LogP contribution in [-0.2, 0) is 32.7 Å². The fraction of sp³-hybridized carbons (Fsp3) is 0.864. The molecule has 0 aromatic carbocycles. The normalized spacial score (nSPS) is 19.9. The zero-order chi connectivity index (χ0) is 41.5. The highest BCUT2D eigenvalue weighted by atomic mass is 31.2. The number of phosphoric ester groups is 1. The Morgan fingerprint density at radius 1 is 0.857 bits per heavy atom. The van der Waals surface area contributed by atoms with Crippen LogP contribution in [0, 0.1) is 11.8 Å². The highest BCUT2D eigenvalue weighted by molar-refractivity contribution is 7.45. The number of quaternary nitrogens is 1. The van der Waals surface area contributed by atoms with Crippen molar-refractivity contribution in [3.05, 3.63) is 24.5 Å². The van der Waals surface area contributed by atoms with Crippen LogP contribution in [0.15, 0.2) is 24.5 Å². The Balaban J connectivity index is 2.44. The molecule has 6 atom stereocenters. The monoisotopic (exact) mass is 816 g/mol. The van der Waals surface area contributed by atoms with E-state index in [9.17, 15) is 29.3 Å². The van der Waals surface area contributed by atoms with Gasteiger partial charge in [0.1, 0.15) is 25.5 Å². The summed E-state index contributed by atoms with van der Waals surface area (Å²) in [5.74, 6) is -0.855. The molecule has 0 aromatic heterocycles. The number of ketones is 1. The van der Waals surface area contributed by atoms with Crippen molar-refractivity contribution in [2.75, 3.05) is 47.5 Å². The predicted molar refractivity (Wildman–Crippen MR) is 223 cm³/mol. The second-order valence-corrected chi connectivity index (χ2v) is 18.3. The van der Waals surface area contributed by atoms with Gasteiger partial charge in [0.25, 0.3) is 7.82 Å². The standard InChI is InChI=1S/C44H82NO10P/c1-6-8-10-11-12-13-14-15-16-17-18-19-22-26-33-52-39(37-55-56(50,51)54-34-32-45(3,4)5)36-53-44(49)29-25-21-20-24-28-40-41(43(48)35-42(40)47)31-30-38(46)27-23-9-7-2/h26,30-31,33,38-41,43,46,48H,6-25,27-29,32,34-37H2,1-5H3/b31-30+,33-26+/t38-,39+,40+,41+,43+/m0/s1. The Labute approximate surface area is 341 Å². The third-order valence-corrected chi connectivity index (χ3v) is 11.5. The first kappa shape index (κ1) is 52.4. The molecule has 0 heterocycles. The van der Waals surface area contributed by atoms with Crippen molar-refractivity contribution in [2.45, 2.75) is 186 Å². The molecule has 0 aliphatic heterocycles. The fourth-order valence-corrected chi connectivity index (χ4v) is 7.63. The molecule has 56 heavy (non-hydrogen) atoms. The van der Waals surface area contributed by atoms with Crippen LogP contribution in [0.2, 0.25) is 0 Å². The minimum atomic E-state index is -4.57. The first-order valence-electron chi connectivity index (χ1n) is 22.2. The van der Waals surface area contributed by atoms with E-state index in [2.05, 4.69) is 13.8 Å². The average molecular weight is 816 g/mol. The van der Waals surface area contributed by atoms with Crippen LogP contribution in [0.25, 0.3) is 0 Å². The number of phosphoric acid groups is 1.